The second kappa shape index (κ2) is 9.79. The van der Waals surface area contributed by atoms with Gasteiger partial charge in [0.2, 0.25) is 0 Å². The number of nitrogens with zero attached hydrogens (tertiary/aromatic N) is 3. The molecule has 0 aliphatic carbocycles. The molecule has 0 bridgehead atoms. The molecule has 0 aliphatic heterocycles. The normalized spacial score (nSPS) is 11.9. The molecule has 1 aromatic heterocycles. The lowest BCUT2D eigenvalue weighted by atomic mass is 10.1. The summed E-state index contributed by atoms with van der Waals surface area (Å²) in [4.78, 5) is 24.2. The van der Waals surface area contributed by atoms with E-state index in [0.29, 0.717) is 29.7 Å². The molecule has 152 valence electrons. The molecule has 0 saturated heterocycles. The second-order valence-electron chi connectivity index (χ2n) is 6.30. The molecule has 0 spiro atoms. The van der Waals surface area contributed by atoms with Crippen LogP contribution in [0.1, 0.15) is 12.5 Å². The Balaban J connectivity index is 1.57. The minimum atomic E-state index is -0.630. The zero-order valence-electron chi connectivity index (χ0n) is 16.4. The molecular weight excluding hydrogens is 374 g/mol. The minimum absolute atomic E-state index is 0.195. The van der Waals surface area contributed by atoms with E-state index in [1.54, 1.807) is 18.2 Å². The molecule has 0 saturated carbocycles. The van der Waals surface area contributed by atoms with E-state index in [1.165, 1.54) is 11.8 Å². The number of esters is 1. The third-order valence-corrected chi connectivity index (χ3v) is 4.38. The summed E-state index contributed by atoms with van der Waals surface area (Å²) >= 11 is 0. The minimum Gasteiger partial charge on any atom is -0.492 e. The first-order valence-corrected chi connectivity index (χ1v) is 9.36. The van der Waals surface area contributed by atoms with Crippen LogP contribution in [0.15, 0.2) is 53.3 Å². The highest BCUT2D eigenvalue weighted by atomic mass is 16.6. The fourth-order valence-corrected chi connectivity index (χ4v) is 2.90. The summed E-state index contributed by atoms with van der Waals surface area (Å²) in [5.74, 6) is 0.260. The monoisotopic (exact) mass is 397 g/mol. The van der Waals surface area contributed by atoms with Gasteiger partial charge in [-0.25, -0.2) is 9.48 Å². The smallest absolute Gasteiger partial charge is 0.335 e. The summed E-state index contributed by atoms with van der Waals surface area (Å²) in [6.07, 6.45) is -0.210. The first-order chi connectivity index (χ1) is 14.1. The van der Waals surface area contributed by atoms with Crippen molar-refractivity contribution >= 4 is 16.9 Å². The summed E-state index contributed by atoms with van der Waals surface area (Å²) in [5, 5.41) is 8.52. The Morgan fingerprint density at radius 2 is 1.90 bits per heavy atom. The lowest BCUT2D eigenvalue weighted by Gasteiger charge is -2.15. The van der Waals surface area contributed by atoms with Crippen molar-refractivity contribution in [3.63, 3.8) is 0 Å². The summed E-state index contributed by atoms with van der Waals surface area (Å²) in [7, 11) is 1.34. The van der Waals surface area contributed by atoms with Crippen LogP contribution in [-0.2, 0) is 27.2 Å². The second-order valence-corrected chi connectivity index (χ2v) is 6.30. The average molecular weight is 397 g/mol. The molecule has 0 amide bonds. The maximum atomic E-state index is 12.4. The van der Waals surface area contributed by atoms with Gasteiger partial charge in [0.15, 0.2) is 6.10 Å². The van der Waals surface area contributed by atoms with Gasteiger partial charge in [0.05, 0.1) is 19.0 Å². The van der Waals surface area contributed by atoms with Crippen molar-refractivity contribution < 1.29 is 19.0 Å². The van der Waals surface area contributed by atoms with Gasteiger partial charge in [0.25, 0.3) is 5.56 Å². The Morgan fingerprint density at radius 3 is 2.62 bits per heavy atom. The van der Waals surface area contributed by atoms with Crippen LogP contribution in [0, 0.1) is 0 Å². The molecule has 0 aliphatic rings. The van der Waals surface area contributed by atoms with Crippen LogP contribution in [0.25, 0.3) is 10.9 Å². The van der Waals surface area contributed by atoms with Gasteiger partial charge in [-0.1, -0.05) is 29.5 Å². The van der Waals surface area contributed by atoms with Crippen LogP contribution in [0.3, 0.4) is 0 Å². The fraction of sp³-hybridized carbons (Fsp3) is 0.333. The number of ether oxygens (including phenoxy) is 3. The molecular formula is C21H23N3O5. The molecule has 1 unspecified atom stereocenters. The molecule has 8 heteroatoms. The Morgan fingerprint density at radius 1 is 1.14 bits per heavy atom. The van der Waals surface area contributed by atoms with Gasteiger partial charge in [-0.05, 0) is 36.8 Å². The van der Waals surface area contributed by atoms with Gasteiger partial charge >= 0.3 is 5.97 Å². The van der Waals surface area contributed by atoms with Crippen molar-refractivity contribution in [1.82, 2.24) is 15.0 Å². The molecule has 2 aromatic carbocycles. The molecule has 0 radical (unpaired) electrons. The maximum Gasteiger partial charge on any atom is 0.335 e. The van der Waals surface area contributed by atoms with Gasteiger partial charge in [0.1, 0.15) is 17.9 Å². The van der Waals surface area contributed by atoms with Gasteiger partial charge in [-0.15, -0.1) is 5.10 Å². The fourth-order valence-electron chi connectivity index (χ4n) is 2.90. The number of carbonyl (C=O) groups is 1. The third kappa shape index (κ3) is 5.17. The zero-order chi connectivity index (χ0) is 20.6. The van der Waals surface area contributed by atoms with E-state index in [1.807, 2.05) is 37.3 Å². The van der Waals surface area contributed by atoms with E-state index in [4.69, 9.17) is 14.2 Å². The van der Waals surface area contributed by atoms with Crippen molar-refractivity contribution in [2.75, 3.05) is 20.3 Å². The van der Waals surface area contributed by atoms with E-state index in [9.17, 15) is 9.59 Å². The highest BCUT2D eigenvalue weighted by Crippen LogP contribution is 2.15. The van der Waals surface area contributed by atoms with Crippen molar-refractivity contribution in [2.45, 2.75) is 26.0 Å². The van der Waals surface area contributed by atoms with E-state index >= 15 is 0 Å². The summed E-state index contributed by atoms with van der Waals surface area (Å²) in [5.41, 5.74) is 1.31. The Hall–Kier alpha value is -3.26. The Bertz CT molecular complexity index is 1020. The maximum absolute atomic E-state index is 12.4. The number of hydrogen-bond donors (Lipinski definition) is 0. The van der Waals surface area contributed by atoms with Crippen LogP contribution in [0.5, 0.6) is 5.75 Å². The number of carbonyl (C=O) groups excluding carboxylic acids is 1. The van der Waals surface area contributed by atoms with Crippen LogP contribution >= 0.6 is 0 Å². The molecule has 3 rings (SSSR count). The predicted molar refractivity (Wildman–Crippen MR) is 107 cm³/mol. The molecule has 1 heterocycles. The van der Waals surface area contributed by atoms with E-state index in [0.717, 1.165) is 5.56 Å². The van der Waals surface area contributed by atoms with E-state index in [-0.39, 0.29) is 18.7 Å². The summed E-state index contributed by atoms with van der Waals surface area (Å²) in [6, 6.07) is 14.4. The molecule has 0 N–H and O–H groups in total. The average Bonchev–Trinajstić information content (AvgIpc) is 2.76. The van der Waals surface area contributed by atoms with Crippen LogP contribution in [0.4, 0.5) is 0 Å². The number of aromatic nitrogens is 3. The first-order valence-electron chi connectivity index (χ1n) is 9.36. The van der Waals surface area contributed by atoms with Gasteiger partial charge in [-0.2, -0.15) is 0 Å². The number of fused-ring (bicyclic) bond motifs is 1. The molecule has 1 atom stereocenters. The zero-order valence-corrected chi connectivity index (χ0v) is 16.4. The largest absolute Gasteiger partial charge is 0.492 e. The van der Waals surface area contributed by atoms with Crippen molar-refractivity contribution in [1.29, 1.82) is 0 Å². The van der Waals surface area contributed by atoms with Crippen molar-refractivity contribution in [3.05, 3.63) is 64.4 Å². The lowest BCUT2D eigenvalue weighted by molar-refractivity contribution is -0.153. The van der Waals surface area contributed by atoms with Crippen molar-refractivity contribution in [3.8, 4) is 5.75 Å². The predicted octanol–water partition coefficient (Wildman–Crippen LogP) is 1.99. The molecule has 3 aromatic rings. The molecule has 8 nitrogen and oxygen atoms in total. The lowest BCUT2D eigenvalue weighted by Crippen LogP contribution is -2.28. The number of methoxy groups -OCH3 is 1. The topological polar surface area (TPSA) is 92.5 Å². The van der Waals surface area contributed by atoms with Crippen LogP contribution in [0.2, 0.25) is 0 Å². The molecule has 0 fully saturated rings. The first kappa shape index (κ1) is 20.5. The van der Waals surface area contributed by atoms with Crippen molar-refractivity contribution in [2.24, 2.45) is 0 Å². The van der Waals surface area contributed by atoms with Crippen LogP contribution in [-0.4, -0.2) is 47.4 Å². The standard InChI is InChI=1S/C21H23N3O5/c1-3-28-19(21(26)27-2)14-15-8-10-16(11-9-15)29-13-12-24-20(25)17-6-4-5-7-18(17)22-23-24/h4-11,19H,3,12-14H2,1-2H3. The molecule has 29 heavy (non-hydrogen) atoms. The van der Waals surface area contributed by atoms with Gasteiger partial charge < -0.3 is 14.2 Å². The quantitative estimate of drug-likeness (QED) is 0.510. The summed E-state index contributed by atoms with van der Waals surface area (Å²) < 4.78 is 17.2. The number of benzene rings is 2. The highest BCUT2D eigenvalue weighted by Gasteiger charge is 2.19. The van der Waals surface area contributed by atoms with E-state index < -0.39 is 12.1 Å². The SMILES string of the molecule is CCOC(Cc1ccc(OCCn2nnc3ccccc3c2=O)cc1)C(=O)OC. The third-order valence-electron chi connectivity index (χ3n) is 4.38. The van der Waals surface area contributed by atoms with Gasteiger partial charge in [0, 0.05) is 13.0 Å². The Kier molecular flexibility index (Phi) is 6.91. The van der Waals surface area contributed by atoms with Gasteiger partial charge in [-0.3, -0.25) is 4.79 Å². The number of hydrogen-bond acceptors (Lipinski definition) is 7. The van der Waals surface area contributed by atoms with E-state index in [2.05, 4.69) is 10.3 Å². The Labute approximate surface area is 168 Å². The summed E-state index contributed by atoms with van der Waals surface area (Å²) in [6.45, 7) is 2.82. The van der Waals surface area contributed by atoms with Crippen LogP contribution < -0.4 is 10.3 Å². The highest BCUT2D eigenvalue weighted by molar-refractivity contribution is 5.76. The number of rotatable bonds is 9.